The molecule has 0 aromatic heterocycles. The van der Waals surface area contributed by atoms with Crippen molar-refractivity contribution in [1.82, 2.24) is 5.43 Å². The molecule has 26 heavy (non-hydrogen) atoms. The van der Waals surface area contributed by atoms with Gasteiger partial charge in [0.2, 0.25) is 0 Å². The van der Waals surface area contributed by atoms with Crippen LogP contribution in [0.5, 0.6) is 0 Å². The molecular formula is C19H24Cl3N4+. The molecule has 3 fully saturated rings. The Bertz CT molecular complexity index is 779. The van der Waals surface area contributed by atoms with Gasteiger partial charge in [-0.25, -0.2) is 0 Å². The molecule has 4 nitrogen and oxygen atoms in total. The maximum absolute atomic E-state index is 6.25. The summed E-state index contributed by atoms with van der Waals surface area (Å²) >= 11 is 18.5. The van der Waals surface area contributed by atoms with Crippen LogP contribution < -0.4 is 5.43 Å². The van der Waals surface area contributed by atoms with E-state index < -0.39 is 0 Å². The summed E-state index contributed by atoms with van der Waals surface area (Å²) in [6.45, 7) is 6.72. The van der Waals surface area contributed by atoms with Gasteiger partial charge in [0.25, 0.3) is 0 Å². The van der Waals surface area contributed by atoms with Gasteiger partial charge in [0.05, 0.1) is 27.1 Å². The summed E-state index contributed by atoms with van der Waals surface area (Å²) in [6.07, 6.45) is 4.82. The van der Waals surface area contributed by atoms with Crippen LogP contribution in [0.25, 0.3) is 0 Å². The summed E-state index contributed by atoms with van der Waals surface area (Å²) in [5.41, 5.74) is 4.26. The summed E-state index contributed by atoms with van der Waals surface area (Å²) in [4.78, 5) is 0. The van der Waals surface area contributed by atoms with Crippen LogP contribution in [0.15, 0.2) is 22.4 Å². The van der Waals surface area contributed by atoms with Gasteiger partial charge in [-0.05, 0) is 56.3 Å². The van der Waals surface area contributed by atoms with Crippen molar-refractivity contribution in [1.29, 1.82) is 0 Å². The number of nitrogens with one attached hydrogen (secondary N) is 1. The second-order valence-corrected chi connectivity index (χ2v) is 9.49. The molecule has 2 aliphatic carbocycles. The van der Waals surface area contributed by atoms with Gasteiger partial charge in [-0.3, -0.25) is 5.43 Å². The van der Waals surface area contributed by atoms with Crippen LogP contribution >= 0.6 is 34.8 Å². The molecule has 1 saturated heterocycles. The second-order valence-electron chi connectivity index (χ2n) is 8.24. The Morgan fingerprint density at radius 1 is 1.19 bits per heavy atom. The van der Waals surface area contributed by atoms with Crippen LogP contribution in [0.1, 0.15) is 46.5 Å². The lowest BCUT2D eigenvalue weighted by Crippen LogP contribution is -2.43. The molecule has 1 aromatic carbocycles. The zero-order valence-corrected chi connectivity index (χ0v) is 17.5. The maximum Gasteiger partial charge on any atom is 0.344 e. The third-order valence-electron chi connectivity index (χ3n) is 6.25. The summed E-state index contributed by atoms with van der Waals surface area (Å²) in [6, 6.07) is 3.78. The molecule has 4 rings (SSSR count). The molecule has 3 aliphatic rings. The zero-order valence-electron chi connectivity index (χ0n) is 15.3. The molecule has 1 aliphatic heterocycles. The van der Waals surface area contributed by atoms with Crippen molar-refractivity contribution in [3.63, 3.8) is 0 Å². The molecule has 4 atom stereocenters. The minimum absolute atomic E-state index is 0.0794. The van der Waals surface area contributed by atoms with E-state index in [1.165, 1.54) is 19.3 Å². The first-order valence-corrected chi connectivity index (χ1v) is 10.4. The minimum atomic E-state index is 0.0794. The molecule has 4 unspecified atom stereocenters. The van der Waals surface area contributed by atoms with Crippen LogP contribution in [-0.4, -0.2) is 22.1 Å². The molecule has 1 aromatic rings. The van der Waals surface area contributed by atoms with Gasteiger partial charge in [0, 0.05) is 16.9 Å². The van der Waals surface area contributed by atoms with Crippen molar-refractivity contribution >= 4 is 46.3 Å². The van der Waals surface area contributed by atoms with Gasteiger partial charge in [-0.1, -0.05) is 41.7 Å². The highest BCUT2D eigenvalue weighted by molar-refractivity contribution is 6.41. The van der Waals surface area contributed by atoms with Crippen molar-refractivity contribution in [3.05, 3.63) is 27.2 Å². The van der Waals surface area contributed by atoms with Crippen LogP contribution in [-0.2, 0) is 0 Å². The summed E-state index contributed by atoms with van der Waals surface area (Å²) in [5.74, 6) is 3.17. The number of benzene rings is 1. The van der Waals surface area contributed by atoms with Crippen molar-refractivity contribution in [2.45, 2.75) is 58.0 Å². The fourth-order valence-electron chi connectivity index (χ4n) is 5.37. The van der Waals surface area contributed by atoms with E-state index in [1.54, 1.807) is 12.1 Å². The number of hydrazine groups is 1. The molecule has 2 saturated carbocycles. The van der Waals surface area contributed by atoms with E-state index in [1.807, 2.05) is 0 Å². The third-order valence-corrected chi connectivity index (χ3v) is 7.05. The van der Waals surface area contributed by atoms with Gasteiger partial charge in [-0.2, -0.15) is 4.68 Å². The quantitative estimate of drug-likeness (QED) is 0.346. The highest BCUT2D eigenvalue weighted by Gasteiger charge is 2.62. The van der Waals surface area contributed by atoms with Crippen LogP contribution in [0.4, 0.5) is 5.69 Å². The van der Waals surface area contributed by atoms with E-state index in [9.17, 15) is 0 Å². The highest BCUT2D eigenvalue weighted by atomic mass is 35.5. The topological polar surface area (TPSA) is 39.8 Å². The van der Waals surface area contributed by atoms with Crippen molar-refractivity contribution in [2.24, 2.45) is 28.0 Å². The lowest BCUT2D eigenvalue weighted by Gasteiger charge is -2.29. The van der Waals surface area contributed by atoms with Gasteiger partial charge in [-0.15, -0.1) is 0 Å². The Labute approximate surface area is 169 Å². The minimum Gasteiger partial charge on any atom is -0.255 e. The molecule has 1 heterocycles. The smallest absolute Gasteiger partial charge is 0.255 e. The van der Waals surface area contributed by atoms with E-state index in [2.05, 4.69) is 41.1 Å². The van der Waals surface area contributed by atoms with Crippen LogP contribution in [0, 0.1) is 17.8 Å². The molecule has 0 radical (unpaired) electrons. The first kappa shape index (κ1) is 18.5. The Morgan fingerprint density at radius 2 is 1.85 bits per heavy atom. The highest BCUT2D eigenvalue weighted by Crippen LogP contribution is 2.55. The predicted octanol–water partition coefficient (Wildman–Crippen LogP) is 6.26. The van der Waals surface area contributed by atoms with E-state index in [4.69, 9.17) is 34.8 Å². The molecule has 140 valence electrons. The van der Waals surface area contributed by atoms with Gasteiger partial charge in [0.1, 0.15) is 11.7 Å². The Balaban J connectivity index is 1.71. The van der Waals surface area contributed by atoms with Crippen LogP contribution in [0.3, 0.4) is 0 Å². The summed E-state index contributed by atoms with van der Waals surface area (Å²) in [7, 11) is 0. The second kappa shape index (κ2) is 6.65. The molecule has 7 heteroatoms. The van der Waals surface area contributed by atoms with Gasteiger partial charge >= 0.3 is 5.84 Å². The lowest BCUT2D eigenvalue weighted by atomic mass is 9.75. The monoisotopic (exact) mass is 413 g/mol. The SMILES string of the molecule is CC/C(N=Nc1c(Cl)cc(Cl)cc1Cl)=[N+]1\NC(C)(C)C2C3CCC(C3)C21. The molecular weight excluding hydrogens is 391 g/mol. The lowest BCUT2D eigenvalue weighted by molar-refractivity contribution is -0.614. The number of rotatable bonds is 2. The Hall–Kier alpha value is -0.840. The van der Waals surface area contributed by atoms with E-state index in [0.29, 0.717) is 32.7 Å². The number of nitrogens with zero attached hydrogens (tertiary/aromatic N) is 3. The number of azo groups is 1. The zero-order chi connectivity index (χ0) is 18.6. The van der Waals surface area contributed by atoms with E-state index >= 15 is 0 Å². The number of halogens is 3. The number of hydrogen-bond acceptors (Lipinski definition) is 2. The van der Waals surface area contributed by atoms with Crippen LogP contribution in [0.2, 0.25) is 15.1 Å². The number of hydrazone groups is 1. The number of hydrogen-bond donors (Lipinski definition) is 1. The number of fused-ring (bicyclic) bond motifs is 5. The van der Waals surface area contributed by atoms with E-state index in [0.717, 1.165) is 24.1 Å². The fourth-order valence-corrected chi connectivity index (χ4v) is 6.26. The molecule has 0 spiro atoms. The normalized spacial score (nSPS) is 33.6. The summed E-state index contributed by atoms with van der Waals surface area (Å²) in [5, 5.41) is 10.2. The fraction of sp³-hybridized carbons (Fsp3) is 0.632. The number of amidine groups is 1. The van der Waals surface area contributed by atoms with Gasteiger partial charge in [0.15, 0.2) is 0 Å². The molecule has 2 bridgehead atoms. The van der Waals surface area contributed by atoms with Crippen molar-refractivity contribution in [3.8, 4) is 0 Å². The average molecular weight is 415 g/mol. The first-order chi connectivity index (χ1) is 12.3. The predicted molar refractivity (Wildman–Crippen MR) is 107 cm³/mol. The molecule has 0 amide bonds. The standard InChI is InChI=1S/C19H24Cl3N4/c1-4-15(23-24-17-13(21)8-12(20)9-14(17)22)26-18-11-6-5-10(7-11)16(18)19(2,3)25-26/h8-11,16,18,25H,4-7H2,1-3H3/q+1. The Kier molecular flexibility index (Phi) is 4.73. The van der Waals surface area contributed by atoms with Gasteiger partial charge < -0.3 is 0 Å². The maximum atomic E-state index is 6.25. The van der Waals surface area contributed by atoms with Crippen molar-refractivity contribution in [2.75, 3.05) is 0 Å². The first-order valence-electron chi connectivity index (χ1n) is 9.31. The largest absolute Gasteiger partial charge is 0.344 e. The summed E-state index contributed by atoms with van der Waals surface area (Å²) < 4.78 is 2.29. The molecule has 1 N–H and O–H groups in total. The average Bonchev–Trinajstić information content (AvgIpc) is 3.23. The van der Waals surface area contributed by atoms with E-state index in [-0.39, 0.29) is 5.54 Å². The Morgan fingerprint density at radius 3 is 2.50 bits per heavy atom. The third kappa shape index (κ3) is 2.94. The van der Waals surface area contributed by atoms with Crippen molar-refractivity contribution < 1.29 is 4.68 Å².